The van der Waals surface area contributed by atoms with E-state index in [0.717, 1.165) is 21.6 Å². The number of carbonyl (C=O) groups is 3. The maximum Gasteiger partial charge on any atom is 0.408 e. The molecular weight excluding hydrogens is 398 g/mol. The minimum absolute atomic E-state index is 0.0603. The summed E-state index contributed by atoms with van der Waals surface area (Å²) in [4.78, 5) is 37.6. The molecule has 1 atom stereocenters. The van der Waals surface area contributed by atoms with E-state index in [2.05, 4.69) is 5.32 Å². The highest BCUT2D eigenvalue weighted by atomic mass is 16.5. The second-order valence-electron chi connectivity index (χ2n) is 8.71. The fraction of sp³-hybridized carbons (Fsp3) is 0.348. The number of hydrogen-bond acceptors (Lipinski definition) is 5. The van der Waals surface area contributed by atoms with Crippen molar-refractivity contribution in [2.75, 3.05) is 4.90 Å². The SMILES string of the molecule is CC(C)(C)N(C(=O)[O-])c1ccc2c(c1)CC(NC(=O)OCc1ccccc1)(C(N)=O)C2. The molecule has 3 N–H and O–H groups in total. The molecule has 0 spiro atoms. The molecule has 0 radical (unpaired) electrons. The van der Waals surface area contributed by atoms with Gasteiger partial charge in [0, 0.05) is 24.1 Å². The van der Waals surface area contributed by atoms with Crippen molar-refractivity contribution in [1.82, 2.24) is 5.32 Å². The summed E-state index contributed by atoms with van der Waals surface area (Å²) in [7, 11) is 0. The van der Waals surface area contributed by atoms with Gasteiger partial charge in [0.25, 0.3) is 0 Å². The van der Waals surface area contributed by atoms with Gasteiger partial charge in [0.1, 0.15) is 18.2 Å². The van der Waals surface area contributed by atoms with E-state index >= 15 is 0 Å². The van der Waals surface area contributed by atoms with Gasteiger partial charge in [0.05, 0.1) is 0 Å². The number of alkyl carbamates (subject to hydrolysis) is 1. The van der Waals surface area contributed by atoms with Crippen molar-refractivity contribution in [3.05, 3.63) is 65.2 Å². The number of carbonyl (C=O) groups excluding carboxylic acids is 3. The molecule has 8 nitrogen and oxygen atoms in total. The van der Waals surface area contributed by atoms with Crippen LogP contribution in [-0.4, -0.2) is 29.2 Å². The Kier molecular flexibility index (Phi) is 5.92. The second-order valence-corrected chi connectivity index (χ2v) is 8.71. The topological polar surface area (TPSA) is 125 Å². The summed E-state index contributed by atoms with van der Waals surface area (Å²) in [5.41, 5.74) is 6.38. The maximum atomic E-state index is 12.4. The van der Waals surface area contributed by atoms with Crippen LogP contribution in [0.25, 0.3) is 0 Å². The highest BCUT2D eigenvalue weighted by Gasteiger charge is 2.44. The predicted octanol–water partition coefficient (Wildman–Crippen LogP) is 1.88. The van der Waals surface area contributed by atoms with Gasteiger partial charge in [-0.3, -0.25) is 4.79 Å². The maximum absolute atomic E-state index is 12.4. The molecule has 8 heteroatoms. The van der Waals surface area contributed by atoms with E-state index in [9.17, 15) is 19.5 Å². The molecule has 1 unspecified atom stereocenters. The minimum Gasteiger partial charge on any atom is -0.530 e. The lowest BCUT2D eigenvalue weighted by Crippen LogP contribution is -2.58. The fourth-order valence-corrected chi connectivity index (χ4v) is 3.85. The molecule has 31 heavy (non-hydrogen) atoms. The molecule has 0 aromatic heterocycles. The summed E-state index contributed by atoms with van der Waals surface area (Å²) >= 11 is 0. The summed E-state index contributed by atoms with van der Waals surface area (Å²) in [5, 5.41) is 14.3. The molecular formula is C23H26N3O5-. The first kappa shape index (κ1) is 22.1. The number of amides is 3. The summed E-state index contributed by atoms with van der Waals surface area (Å²) in [6.07, 6.45) is -1.74. The Hall–Kier alpha value is -3.55. The van der Waals surface area contributed by atoms with Gasteiger partial charge in [-0.25, -0.2) is 4.79 Å². The number of nitrogens with one attached hydrogen (secondary N) is 1. The molecule has 0 saturated heterocycles. The second kappa shape index (κ2) is 8.29. The van der Waals surface area contributed by atoms with Crippen LogP contribution in [0.3, 0.4) is 0 Å². The zero-order chi connectivity index (χ0) is 22.8. The van der Waals surface area contributed by atoms with Crippen LogP contribution in [-0.2, 0) is 29.0 Å². The lowest BCUT2D eigenvalue weighted by Gasteiger charge is -2.38. The van der Waals surface area contributed by atoms with Gasteiger partial charge in [-0.2, -0.15) is 0 Å². The molecule has 2 aromatic carbocycles. The van der Waals surface area contributed by atoms with Crippen molar-refractivity contribution in [2.45, 2.75) is 51.3 Å². The quantitative estimate of drug-likeness (QED) is 0.758. The van der Waals surface area contributed by atoms with Gasteiger partial charge in [0.2, 0.25) is 5.91 Å². The first-order chi connectivity index (χ1) is 14.5. The number of rotatable bonds is 5. The Labute approximate surface area is 181 Å². The van der Waals surface area contributed by atoms with Crippen LogP contribution in [0.4, 0.5) is 15.3 Å². The molecule has 3 rings (SSSR count). The largest absolute Gasteiger partial charge is 0.530 e. The summed E-state index contributed by atoms with van der Waals surface area (Å²) in [6, 6.07) is 14.3. The normalized spacial score (nSPS) is 17.5. The van der Waals surface area contributed by atoms with Crippen LogP contribution < -0.4 is 21.1 Å². The number of primary amides is 1. The number of nitrogens with zero attached hydrogens (tertiary/aromatic N) is 1. The Morgan fingerprint density at radius 2 is 1.74 bits per heavy atom. The van der Waals surface area contributed by atoms with Crippen LogP contribution in [0.1, 0.15) is 37.5 Å². The van der Waals surface area contributed by atoms with Gasteiger partial charge in [0.15, 0.2) is 0 Å². The number of benzene rings is 2. The first-order valence-corrected chi connectivity index (χ1v) is 9.94. The zero-order valence-corrected chi connectivity index (χ0v) is 17.8. The lowest BCUT2D eigenvalue weighted by molar-refractivity contribution is -0.247. The standard InChI is InChI=1S/C23H27N3O5/c1-22(2,3)26(21(29)30)18-10-9-16-12-23(19(24)27,13-17(16)11-18)25-20(28)31-14-15-7-5-4-6-8-15/h4-11H,12-14H2,1-3H3,(H2,24,27)(H,25,28)(H,29,30)/p-1. The van der Waals surface area contributed by atoms with E-state index < -0.39 is 29.2 Å². The van der Waals surface area contributed by atoms with Gasteiger partial charge in [-0.05, 0) is 49.6 Å². The van der Waals surface area contributed by atoms with Crippen LogP contribution in [0, 0.1) is 0 Å². The molecule has 2 aromatic rings. The molecule has 0 heterocycles. The number of hydrogen-bond donors (Lipinski definition) is 2. The van der Waals surface area contributed by atoms with E-state index in [0.29, 0.717) is 5.69 Å². The smallest absolute Gasteiger partial charge is 0.408 e. The van der Waals surface area contributed by atoms with Crippen LogP contribution in [0.15, 0.2) is 48.5 Å². The first-order valence-electron chi connectivity index (χ1n) is 9.94. The number of nitrogens with two attached hydrogens (primary N) is 1. The van der Waals surface area contributed by atoms with E-state index in [1.165, 1.54) is 0 Å². The Morgan fingerprint density at radius 1 is 1.10 bits per heavy atom. The Balaban J connectivity index is 1.78. The Bertz CT molecular complexity index is 1000. The molecule has 0 fully saturated rings. The number of ether oxygens (including phenoxy) is 1. The molecule has 0 bridgehead atoms. The molecule has 164 valence electrons. The Morgan fingerprint density at radius 3 is 2.32 bits per heavy atom. The summed E-state index contributed by atoms with van der Waals surface area (Å²) in [5.74, 6) is -0.686. The fourth-order valence-electron chi connectivity index (χ4n) is 3.85. The van der Waals surface area contributed by atoms with Crippen molar-refractivity contribution >= 4 is 23.8 Å². The van der Waals surface area contributed by atoms with Crippen LogP contribution in [0.5, 0.6) is 0 Å². The lowest BCUT2D eigenvalue weighted by atomic mass is 9.95. The third kappa shape index (κ3) is 4.79. The number of anilines is 1. The van der Waals surface area contributed by atoms with Gasteiger partial charge < -0.3 is 30.6 Å². The molecule has 1 aliphatic carbocycles. The number of fused-ring (bicyclic) bond motifs is 1. The molecule has 3 amide bonds. The van der Waals surface area contributed by atoms with Crippen molar-refractivity contribution < 1.29 is 24.2 Å². The highest BCUT2D eigenvalue weighted by molar-refractivity contribution is 5.91. The number of carboxylic acid groups (broad SMARTS) is 1. The third-order valence-electron chi connectivity index (χ3n) is 5.31. The van der Waals surface area contributed by atoms with E-state index in [1.807, 2.05) is 30.3 Å². The predicted molar refractivity (Wildman–Crippen MR) is 113 cm³/mol. The van der Waals surface area contributed by atoms with Gasteiger partial charge >= 0.3 is 6.09 Å². The van der Waals surface area contributed by atoms with Gasteiger partial charge in [-0.1, -0.05) is 36.4 Å². The third-order valence-corrected chi connectivity index (χ3v) is 5.31. The van der Waals surface area contributed by atoms with E-state index in [4.69, 9.17) is 10.5 Å². The molecule has 1 aliphatic rings. The molecule has 0 saturated carbocycles. The monoisotopic (exact) mass is 424 g/mol. The summed E-state index contributed by atoms with van der Waals surface area (Å²) < 4.78 is 5.25. The van der Waals surface area contributed by atoms with Gasteiger partial charge in [-0.15, -0.1) is 0 Å². The average Bonchev–Trinajstić information content (AvgIpc) is 3.04. The van der Waals surface area contributed by atoms with Crippen LogP contribution in [0.2, 0.25) is 0 Å². The summed E-state index contributed by atoms with van der Waals surface area (Å²) in [6.45, 7) is 5.33. The minimum atomic E-state index is -1.34. The van der Waals surface area contributed by atoms with Crippen molar-refractivity contribution in [3.8, 4) is 0 Å². The van der Waals surface area contributed by atoms with Crippen molar-refractivity contribution in [2.24, 2.45) is 5.73 Å². The van der Waals surface area contributed by atoms with E-state index in [1.54, 1.807) is 39.0 Å². The van der Waals surface area contributed by atoms with Crippen LogP contribution >= 0.6 is 0 Å². The highest BCUT2D eigenvalue weighted by Crippen LogP contribution is 2.34. The molecule has 0 aliphatic heterocycles. The average molecular weight is 424 g/mol. The van der Waals surface area contributed by atoms with E-state index in [-0.39, 0.29) is 19.4 Å². The van der Waals surface area contributed by atoms with Crippen molar-refractivity contribution in [3.63, 3.8) is 0 Å². The zero-order valence-electron chi connectivity index (χ0n) is 17.8. The van der Waals surface area contributed by atoms with Crippen molar-refractivity contribution in [1.29, 1.82) is 0 Å².